The van der Waals surface area contributed by atoms with E-state index in [9.17, 15) is 26.3 Å². The Bertz CT molecular complexity index is 1160. The summed E-state index contributed by atoms with van der Waals surface area (Å²) in [6.07, 6.45) is -5.75. The third-order valence-corrected chi connectivity index (χ3v) is 6.19. The number of aryl methyl sites for hydroxylation is 1. The van der Waals surface area contributed by atoms with Crippen LogP contribution in [0.3, 0.4) is 0 Å². The van der Waals surface area contributed by atoms with Crippen molar-refractivity contribution < 1.29 is 35.6 Å². The number of aromatic nitrogens is 2. The Hall–Kier alpha value is -3.08. The van der Waals surface area contributed by atoms with Gasteiger partial charge >= 0.3 is 12.4 Å². The molecule has 0 saturated carbocycles. The summed E-state index contributed by atoms with van der Waals surface area (Å²) < 4.78 is 89.8. The second-order valence-electron chi connectivity index (χ2n) is 8.80. The highest BCUT2D eigenvalue weighted by molar-refractivity contribution is 5.59. The monoisotopic (exact) mass is 513 g/mol. The van der Waals surface area contributed by atoms with Crippen LogP contribution in [-0.4, -0.2) is 35.2 Å². The van der Waals surface area contributed by atoms with E-state index in [1.807, 2.05) is 7.05 Å². The number of benzene rings is 2. The lowest BCUT2D eigenvalue weighted by atomic mass is 10.1. The van der Waals surface area contributed by atoms with Crippen LogP contribution in [0.15, 0.2) is 47.0 Å². The first kappa shape index (κ1) is 26.0. The van der Waals surface area contributed by atoms with Crippen molar-refractivity contribution in [2.24, 2.45) is 0 Å². The van der Waals surface area contributed by atoms with Gasteiger partial charge in [-0.3, -0.25) is 4.90 Å². The molecule has 194 valence electrons. The van der Waals surface area contributed by atoms with Crippen LogP contribution in [0.25, 0.3) is 11.4 Å². The summed E-state index contributed by atoms with van der Waals surface area (Å²) in [6.45, 7) is 0.917. The van der Waals surface area contributed by atoms with E-state index in [1.165, 1.54) is 24.3 Å². The minimum atomic E-state index is -4.65. The fourth-order valence-corrected chi connectivity index (χ4v) is 4.20. The molecule has 5 nitrogen and oxygen atoms in total. The Morgan fingerprint density at radius 1 is 1.00 bits per heavy atom. The van der Waals surface area contributed by atoms with Crippen molar-refractivity contribution in [2.45, 2.75) is 50.5 Å². The molecular weight excluding hydrogens is 488 g/mol. The SMILES string of the molecule is CN1CCC[C@H]1c1nc(-c2ccc(OCCCCc3ccc(C(F)(F)F)cc3)c(C(F)(F)F)c2)no1. The smallest absolute Gasteiger partial charge is 0.419 e. The molecule has 1 aliphatic heterocycles. The summed E-state index contributed by atoms with van der Waals surface area (Å²) in [4.78, 5) is 6.37. The predicted molar refractivity (Wildman–Crippen MR) is 119 cm³/mol. The Morgan fingerprint density at radius 2 is 1.75 bits per heavy atom. The van der Waals surface area contributed by atoms with Crippen LogP contribution < -0.4 is 4.74 Å². The van der Waals surface area contributed by atoms with Gasteiger partial charge in [0.2, 0.25) is 11.7 Å². The molecule has 4 rings (SSSR count). The summed E-state index contributed by atoms with van der Waals surface area (Å²) in [5.41, 5.74) is -0.771. The molecule has 36 heavy (non-hydrogen) atoms. The number of rotatable bonds is 8. The van der Waals surface area contributed by atoms with Gasteiger partial charge in [0.15, 0.2) is 0 Å². The minimum absolute atomic E-state index is 0.0312. The minimum Gasteiger partial charge on any atom is -0.493 e. The van der Waals surface area contributed by atoms with Gasteiger partial charge in [0.25, 0.3) is 0 Å². The lowest BCUT2D eigenvalue weighted by Crippen LogP contribution is -2.17. The largest absolute Gasteiger partial charge is 0.493 e. The van der Waals surface area contributed by atoms with E-state index in [4.69, 9.17) is 9.26 Å². The molecular formula is C25H25F6N3O2. The quantitative estimate of drug-likeness (QED) is 0.241. The fraction of sp³-hybridized carbons (Fsp3) is 0.440. The normalized spacial score (nSPS) is 17.0. The summed E-state index contributed by atoms with van der Waals surface area (Å²) in [5, 5.41) is 3.87. The molecule has 1 fully saturated rings. The van der Waals surface area contributed by atoms with Gasteiger partial charge in [-0.15, -0.1) is 0 Å². The Kier molecular flexibility index (Phi) is 7.58. The second-order valence-corrected chi connectivity index (χ2v) is 8.80. The third kappa shape index (κ3) is 6.18. The standard InChI is InChI=1S/C25H25F6N3O2/c1-34-13-4-6-20(34)23-32-22(33-36-23)17-9-12-21(19(15-17)25(29,30)31)35-14-3-2-5-16-7-10-18(11-8-16)24(26,27)28/h7-12,15,20H,2-6,13-14H2,1H3/t20-/m0/s1. The van der Waals surface area contributed by atoms with E-state index in [2.05, 4.69) is 15.0 Å². The van der Waals surface area contributed by atoms with Gasteiger partial charge in [-0.25, -0.2) is 0 Å². The predicted octanol–water partition coefficient (Wildman–Crippen LogP) is 6.94. The Balaban J connectivity index is 1.36. The first-order valence-corrected chi connectivity index (χ1v) is 11.6. The highest BCUT2D eigenvalue weighted by Gasteiger charge is 2.35. The van der Waals surface area contributed by atoms with Gasteiger partial charge in [-0.1, -0.05) is 17.3 Å². The maximum Gasteiger partial charge on any atom is 0.419 e. The molecule has 0 unspecified atom stereocenters. The van der Waals surface area contributed by atoms with Gasteiger partial charge in [0.1, 0.15) is 5.75 Å². The van der Waals surface area contributed by atoms with Crippen molar-refractivity contribution in [3.05, 3.63) is 65.0 Å². The number of hydrogen-bond acceptors (Lipinski definition) is 5. The molecule has 0 aliphatic carbocycles. The van der Waals surface area contributed by atoms with Gasteiger partial charge in [-0.05, 0) is 81.6 Å². The molecule has 0 spiro atoms. The van der Waals surface area contributed by atoms with Crippen LogP contribution in [-0.2, 0) is 18.8 Å². The zero-order valence-corrected chi connectivity index (χ0v) is 19.5. The first-order valence-electron chi connectivity index (χ1n) is 11.6. The average Bonchev–Trinajstić information content (AvgIpc) is 3.47. The molecule has 11 heteroatoms. The van der Waals surface area contributed by atoms with Crippen molar-refractivity contribution in [1.29, 1.82) is 0 Å². The van der Waals surface area contributed by atoms with E-state index in [-0.39, 0.29) is 29.8 Å². The van der Waals surface area contributed by atoms with E-state index in [0.29, 0.717) is 30.7 Å². The number of likely N-dealkylation sites (tertiary alicyclic amines) is 1. The summed E-state index contributed by atoms with van der Waals surface area (Å²) >= 11 is 0. The van der Waals surface area contributed by atoms with Crippen LogP contribution in [0.1, 0.15) is 54.3 Å². The number of hydrogen-bond donors (Lipinski definition) is 0. The highest BCUT2D eigenvalue weighted by Crippen LogP contribution is 2.39. The maximum atomic E-state index is 13.7. The van der Waals surface area contributed by atoms with Crippen molar-refractivity contribution in [3.8, 4) is 17.1 Å². The third-order valence-electron chi connectivity index (χ3n) is 6.19. The number of alkyl halides is 6. The number of ether oxygens (including phenoxy) is 1. The highest BCUT2D eigenvalue weighted by atomic mass is 19.4. The molecule has 2 aromatic carbocycles. The van der Waals surface area contributed by atoms with Crippen LogP contribution in [0, 0.1) is 0 Å². The zero-order chi connectivity index (χ0) is 25.9. The summed E-state index contributed by atoms with van der Waals surface area (Å²) in [5.74, 6) is 0.158. The molecule has 1 aromatic heterocycles. The zero-order valence-electron chi connectivity index (χ0n) is 19.5. The molecule has 1 atom stereocenters. The maximum absolute atomic E-state index is 13.7. The molecule has 0 N–H and O–H groups in total. The van der Waals surface area contributed by atoms with Crippen LogP contribution in [0.5, 0.6) is 5.75 Å². The van der Waals surface area contributed by atoms with Gasteiger partial charge < -0.3 is 9.26 Å². The molecule has 1 saturated heterocycles. The molecule has 0 radical (unpaired) electrons. The van der Waals surface area contributed by atoms with E-state index < -0.39 is 23.5 Å². The topological polar surface area (TPSA) is 51.4 Å². The molecule has 0 bridgehead atoms. The lowest BCUT2D eigenvalue weighted by molar-refractivity contribution is -0.139. The van der Waals surface area contributed by atoms with Crippen LogP contribution in [0.2, 0.25) is 0 Å². The van der Waals surface area contributed by atoms with Crippen molar-refractivity contribution in [1.82, 2.24) is 15.0 Å². The lowest BCUT2D eigenvalue weighted by Gasteiger charge is -2.15. The molecule has 1 aliphatic rings. The number of unbranched alkanes of at least 4 members (excludes halogenated alkanes) is 1. The van der Waals surface area contributed by atoms with Gasteiger partial charge in [0, 0.05) is 5.56 Å². The van der Waals surface area contributed by atoms with E-state index >= 15 is 0 Å². The van der Waals surface area contributed by atoms with E-state index in [0.717, 1.165) is 37.6 Å². The Morgan fingerprint density at radius 3 is 2.39 bits per heavy atom. The van der Waals surface area contributed by atoms with Crippen molar-refractivity contribution in [2.75, 3.05) is 20.2 Å². The Labute approximate surface area is 204 Å². The van der Waals surface area contributed by atoms with Gasteiger partial charge in [-0.2, -0.15) is 31.3 Å². The first-order chi connectivity index (χ1) is 17.0. The summed E-state index contributed by atoms with van der Waals surface area (Å²) in [6, 6.07) is 8.44. The number of nitrogens with zero attached hydrogens (tertiary/aromatic N) is 3. The van der Waals surface area contributed by atoms with Crippen LogP contribution in [0.4, 0.5) is 26.3 Å². The van der Waals surface area contributed by atoms with Crippen molar-refractivity contribution in [3.63, 3.8) is 0 Å². The molecule has 3 aromatic rings. The molecule has 2 heterocycles. The van der Waals surface area contributed by atoms with E-state index in [1.54, 1.807) is 0 Å². The summed E-state index contributed by atoms with van der Waals surface area (Å²) in [7, 11) is 1.93. The molecule has 0 amide bonds. The fourth-order valence-electron chi connectivity index (χ4n) is 4.20. The van der Waals surface area contributed by atoms with Gasteiger partial charge in [0.05, 0.1) is 23.8 Å². The van der Waals surface area contributed by atoms with Crippen molar-refractivity contribution >= 4 is 0 Å². The number of halogens is 6. The van der Waals surface area contributed by atoms with Crippen LogP contribution >= 0.6 is 0 Å². The second kappa shape index (κ2) is 10.5. The average molecular weight is 513 g/mol.